The first-order valence-electron chi connectivity index (χ1n) is 6.92. The lowest BCUT2D eigenvalue weighted by Crippen LogP contribution is -2.46. The van der Waals surface area contributed by atoms with Crippen molar-refractivity contribution in [1.82, 2.24) is 10.6 Å². The molecule has 0 aromatic rings. The van der Waals surface area contributed by atoms with E-state index in [1.807, 2.05) is 0 Å². The van der Waals surface area contributed by atoms with E-state index in [-0.39, 0.29) is 17.5 Å². The molecule has 1 fully saturated rings. The molecule has 0 aliphatic heterocycles. The maximum Gasteiger partial charge on any atom is 0.315 e. The molecule has 2 amide bonds. The van der Waals surface area contributed by atoms with Crippen molar-refractivity contribution >= 4 is 18.2 Å². The summed E-state index contributed by atoms with van der Waals surface area (Å²) in [5.41, 5.74) is -0.270. The number of rotatable bonds is 9. The number of nitrogens with zero attached hydrogens (tertiary/aromatic N) is 2. The van der Waals surface area contributed by atoms with E-state index in [4.69, 9.17) is 0 Å². The van der Waals surface area contributed by atoms with E-state index in [0.717, 1.165) is 25.7 Å². The summed E-state index contributed by atoms with van der Waals surface area (Å²) in [5, 5.41) is 5.34. The van der Waals surface area contributed by atoms with Crippen LogP contribution in [0.5, 0.6) is 0 Å². The Kier molecular flexibility index (Phi) is 7.09. The summed E-state index contributed by atoms with van der Waals surface area (Å²) in [7, 11) is 0. The highest BCUT2D eigenvalue weighted by Gasteiger charge is 2.46. The summed E-state index contributed by atoms with van der Waals surface area (Å²) in [6.45, 7) is 4.75. The zero-order valence-electron chi connectivity index (χ0n) is 11.9. The van der Waals surface area contributed by atoms with Crippen molar-refractivity contribution in [2.75, 3.05) is 19.6 Å². The molecule has 114 valence electrons. The van der Waals surface area contributed by atoms with Crippen molar-refractivity contribution < 1.29 is 14.4 Å². The Labute approximate surface area is 123 Å². The molecule has 0 saturated heterocycles. The van der Waals surface area contributed by atoms with Gasteiger partial charge in [0.15, 0.2) is 0 Å². The number of aliphatic imine (C=N–C) groups is 2. The lowest BCUT2D eigenvalue weighted by atomic mass is 9.62. The molecule has 0 radical (unpaired) electrons. The average molecular weight is 292 g/mol. The van der Waals surface area contributed by atoms with E-state index in [0.29, 0.717) is 19.6 Å². The number of urea groups is 1. The summed E-state index contributed by atoms with van der Waals surface area (Å²) in [6, 6.07) is -0.382. The number of carbonyl (C=O) groups excluding carboxylic acids is 3. The lowest BCUT2D eigenvalue weighted by Gasteiger charge is -2.45. The Balaban J connectivity index is 2.40. The minimum absolute atomic E-state index is 0.137. The lowest BCUT2D eigenvalue weighted by molar-refractivity contribution is 0.0914. The van der Waals surface area contributed by atoms with Gasteiger partial charge in [0.25, 0.3) is 0 Å². The molecule has 2 N–H and O–H groups in total. The Morgan fingerprint density at radius 2 is 2.19 bits per heavy atom. The molecule has 1 aliphatic carbocycles. The van der Waals surface area contributed by atoms with Gasteiger partial charge in [-0.15, -0.1) is 6.58 Å². The Hall–Kier alpha value is -2.23. The van der Waals surface area contributed by atoms with Gasteiger partial charge in [0, 0.05) is 18.5 Å². The Bertz CT molecular complexity index is 467. The highest BCUT2D eigenvalue weighted by molar-refractivity contribution is 5.73. The van der Waals surface area contributed by atoms with Crippen molar-refractivity contribution in [2.45, 2.75) is 31.7 Å². The number of isocyanates is 2. The molecule has 1 rings (SSSR count). The van der Waals surface area contributed by atoms with Gasteiger partial charge in [-0.05, 0) is 25.7 Å². The molecular formula is C14H20N4O3. The second-order valence-electron chi connectivity index (χ2n) is 5.07. The molecule has 0 aromatic heterocycles. The third kappa shape index (κ3) is 4.99. The van der Waals surface area contributed by atoms with Crippen molar-refractivity contribution in [3.05, 3.63) is 12.7 Å². The Morgan fingerprint density at radius 3 is 2.76 bits per heavy atom. The molecule has 7 heteroatoms. The first kappa shape index (κ1) is 16.8. The van der Waals surface area contributed by atoms with E-state index >= 15 is 0 Å². The highest BCUT2D eigenvalue weighted by Crippen LogP contribution is 2.47. The third-order valence-corrected chi connectivity index (χ3v) is 3.83. The van der Waals surface area contributed by atoms with Gasteiger partial charge in [-0.1, -0.05) is 6.08 Å². The fourth-order valence-electron chi connectivity index (χ4n) is 2.56. The van der Waals surface area contributed by atoms with Gasteiger partial charge in [-0.25, -0.2) is 24.4 Å². The second kappa shape index (κ2) is 8.84. The fourth-order valence-corrected chi connectivity index (χ4v) is 2.56. The molecule has 0 spiro atoms. The largest absolute Gasteiger partial charge is 0.338 e. The van der Waals surface area contributed by atoms with Gasteiger partial charge in [-0.2, -0.15) is 0 Å². The van der Waals surface area contributed by atoms with Crippen LogP contribution in [0.25, 0.3) is 0 Å². The quantitative estimate of drug-likeness (QED) is 0.288. The molecular weight excluding hydrogens is 272 g/mol. The normalized spacial score (nSPS) is 23.0. The summed E-state index contributed by atoms with van der Waals surface area (Å²) < 4.78 is 0. The van der Waals surface area contributed by atoms with Crippen LogP contribution in [0.15, 0.2) is 22.6 Å². The third-order valence-electron chi connectivity index (χ3n) is 3.83. The van der Waals surface area contributed by atoms with Crippen molar-refractivity contribution in [3.63, 3.8) is 0 Å². The second-order valence-corrected chi connectivity index (χ2v) is 5.07. The molecule has 0 heterocycles. The smallest absolute Gasteiger partial charge is 0.315 e. The van der Waals surface area contributed by atoms with Gasteiger partial charge in [0.1, 0.15) is 0 Å². The number of amides is 2. The van der Waals surface area contributed by atoms with E-state index < -0.39 is 0 Å². The molecule has 1 aliphatic rings. The van der Waals surface area contributed by atoms with Crippen LogP contribution in [-0.2, 0) is 9.59 Å². The predicted molar refractivity (Wildman–Crippen MR) is 77.4 cm³/mol. The van der Waals surface area contributed by atoms with Crippen molar-refractivity contribution in [2.24, 2.45) is 15.4 Å². The van der Waals surface area contributed by atoms with Gasteiger partial charge in [-0.3, -0.25) is 0 Å². The van der Waals surface area contributed by atoms with E-state index in [9.17, 15) is 14.4 Å². The summed E-state index contributed by atoms with van der Waals surface area (Å²) in [5.74, 6) is 0. The molecule has 7 nitrogen and oxygen atoms in total. The number of nitrogens with one attached hydrogen (secondary N) is 2. The van der Waals surface area contributed by atoms with Gasteiger partial charge < -0.3 is 10.6 Å². The van der Waals surface area contributed by atoms with Crippen LogP contribution in [0, 0.1) is 5.41 Å². The SMILES string of the molecule is C=CCNC(=O)NCCCC1(CN=C=O)CCC1N=C=O. The van der Waals surface area contributed by atoms with E-state index in [1.54, 1.807) is 12.2 Å². The molecule has 1 saturated carbocycles. The number of carbonyl (C=O) groups is 1. The minimum Gasteiger partial charge on any atom is -0.338 e. The van der Waals surface area contributed by atoms with E-state index in [2.05, 4.69) is 27.2 Å². The fraction of sp³-hybridized carbons (Fsp3) is 0.643. The summed E-state index contributed by atoms with van der Waals surface area (Å²) in [4.78, 5) is 39.5. The topological polar surface area (TPSA) is 100.0 Å². The zero-order chi connectivity index (χ0) is 15.6. The molecule has 0 aromatic carbocycles. The maximum absolute atomic E-state index is 11.3. The monoisotopic (exact) mass is 292 g/mol. The van der Waals surface area contributed by atoms with Crippen molar-refractivity contribution in [3.8, 4) is 0 Å². The Morgan fingerprint density at radius 1 is 1.38 bits per heavy atom. The summed E-state index contributed by atoms with van der Waals surface area (Å²) in [6.07, 6.45) is 7.82. The molecule has 2 unspecified atom stereocenters. The molecule has 2 atom stereocenters. The first-order chi connectivity index (χ1) is 10.2. The molecule has 21 heavy (non-hydrogen) atoms. The van der Waals surface area contributed by atoms with Crippen LogP contribution >= 0.6 is 0 Å². The standard InChI is InChI=1S/C14H20N4O3/c1-2-7-16-13(21)17-8-3-5-14(9-15-10-19)6-4-12(14)18-11-20/h2,12H,1,3-9H2,(H2,16,17,21). The van der Waals surface area contributed by atoms with E-state index in [1.165, 1.54) is 6.08 Å². The van der Waals surface area contributed by atoms with Crippen LogP contribution in [-0.4, -0.2) is 43.9 Å². The first-order valence-corrected chi connectivity index (χ1v) is 6.92. The number of hydrogen-bond donors (Lipinski definition) is 2. The van der Waals surface area contributed by atoms with Gasteiger partial charge in [0.05, 0.1) is 12.6 Å². The predicted octanol–water partition coefficient (Wildman–Crippen LogP) is 1.07. The van der Waals surface area contributed by atoms with Crippen molar-refractivity contribution in [1.29, 1.82) is 0 Å². The van der Waals surface area contributed by atoms with Gasteiger partial charge >= 0.3 is 6.03 Å². The van der Waals surface area contributed by atoms with Crippen LogP contribution in [0.4, 0.5) is 4.79 Å². The highest BCUT2D eigenvalue weighted by atomic mass is 16.2. The van der Waals surface area contributed by atoms with Crippen LogP contribution in [0.1, 0.15) is 25.7 Å². The minimum atomic E-state index is -0.270. The molecule has 0 bridgehead atoms. The zero-order valence-corrected chi connectivity index (χ0v) is 11.9. The maximum atomic E-state index is 11.3. The van der Waals surface area contributed by atoms with Crippen LogP contribution < -0.4 is 10.6 Å². The van der Waals surface area contributed by atoms with Gasteiger partial charge in [0.2, 0.25) is 12.2 Å². The van der Waals surface area contributed by atoms with Crippen LogP contribution in [0.3, 0.4) is 0 Å². The average Bonchev–Trinajstić information content (AvgIpc) is 2.48. The van der Waals surface area contributed by atoms with Crippen LogP contribution in [0.2, 0.25) is 0 Å². The summed E-state index contributed by atoms with van der Waals surface area (Å²) >= 11 is 0. The number of hydrogen-bond acceptors (Lipinski definition) is 5.